The number of hydrogen-bond donors (Lipinski definition) is 1. The normalized spacial score (nSPS) is 20.0. The van der Waals surface area contributed by atoms with E-state index < -0.39 is 45.0 Å². The Morgan fingerprint density at radius 3 is 2.16 bits per heavy atom. The van der Waals surface area contributed by atoms with Gasteiger partial charge in [-0.1, -0.05) is 83.3 Å². The standard InChI is InChI=1S/C27H27IN2O6S/c1-27(2,3)36-26(34)29-20-23(32)30-21(18(19(28)14-31)15-37-24(20)30)25(33)35-22(16-10-6-4-7-11-16)17-12-8-5-9-13-17/h4-14,19-20,22,24H,15H2,1-3H3,(H,29,34). The molecule has 1 fully saturated rings. The van der Waals surface area contributed by atoms with E-state index in [2.05, 4.69) is 5.32 Å². The van der Waals surface area contributed by atoms with Gasteiger partial charge in [-0.2, -0.15) is 0 Å². The van der Waals surface area contributed by atoms with Crippen LogP contribution in [-0.4, -0.2) is 55.9 Å². The number of halogens is 1. The third-order valence-corrected chi connectivity index (χ3v) is 8.09. The third kappa shape index (κ3) is 6.01. The predicted octanol–water partition coefficient (Wildman–Crippen LogP) is 4.38. The van der Waals surface area contributed by atoms with Gasteiger partial charge in [0.2, 0.25) is 0 Å². The molecule has 3 atom stereocenters. The number of alkyl carbamates (subject to hydrolysis) is 1. The summed E-state index contributed by atoms with van der Waals surface area (Å²) in [4.78, 5) is 52.3. The molecule has 1 N–H and O–H groups in total. The number of carbonyl (C=O) groups excluding carboxylic acids is 4. The molecule has 2 aliphatic heterocycles. The van der Waals surface area contributed by atoms with Crippen molar-refractivity contribution in [2.75, 3.05) is 5.75 Å². The van der Waals surface area contributed by atoms with E-state index in [4.69, 9.17) is 9.47 Å². The molecule has 2 aliphatic rings. The van der Waals surface area contributed by atoms with Crippen LogP contribution in [0.3, 0.4) is 0 Å². The molecule has 2 aromatic carbocycles. The maximum absolute atomic E-state index is 13.7. The lowest BCUT2D eigenvalue weighted by Gasteiger charge is -2.50. The molecule has 0 saturated carbocycles. The summed E-state index contributed by atoms with van der Waals surface area (Å²) in [6.45, 7) is 5.20. The van der Waals surface area contributed by atoms with E-state index in [0.29, 0.717) is 11.3 Å². The van der Waals surface area contributed by atoms with Crippen molar-refractivity contribution in [2.45, 2.75) is 47.8 Å². The van der Waals surface area contributed by atoms with Crippen LogP contribution in [0.25, 0.3) is 0 Å². The van der Waals surface area contributed by atoms with Crippen LogP contribution in [0.5, 0.6) is 0 Å². The van der Waals surface area contributed by atoms with E-state index in [9.17, 15) is 19.2 Å². The number of hydrogen-bond acceptors (Lipinski definition) is 7. The molecule has 0 bridgehead atoms. The lowest BCUT2D eigenvalue weighted by molar-refractivity contribution is -0.153. The minimum absolute atomic E-state index is 0.0550. The van der Waals surface area contributed by atoms with E-state index in [0.717, 1.165) is 17.4 Å². The van der Waals surface area contributed by atoms with E-state index in [1.165, 1.54) is 16.7 Å². The average molecular weight is 634 g/mol. The van der Waals surface area contributed by atoms with Crippen LogP contribution in [0.1, 0.15) is 38.0 Å². The lowest BCUT2D eigenvalue weighted by Crippen LogP contribution is -2.71. The predicted molar refractivity (Wildman–Crippen MR) is 148 cm³/mol. The zero-order valence-electron chi connectivity index (χ0n) is 20.6. The summed E-state index contributed by atoms with van der Waals surface area (Å²) in [5.74, 6) is -0.831. The summed E-state index contributed by atoms with van der Waals surface area (Å²) in [7, 11) is 0. The maximum atomic E-state index is 13.7. The first-order valence-electron chi connectivity index (χ1n) is 11.7. The minimum Gasteiger partial charge on any atom is -0.448 e. The maximum Gasteiger partial charge on any atom is 0.408 e. The highest BCUT2D eigenvalue weighted by atomic mass is 127. The molecule has 1 saturated heterocycles. The van der Waals surface area contributed by atoms with E-state index >= 15 is 0 Å². The van der Waals surface area contributed by atoms with E-state index in [-0.39, 0.29) is 5.70 Å². The van der Waals surface area contributed by atoms with Crippen molar-refractivity contribution in [3.63, 3.8) is 0 Å². The first kappa shape index (κ1) is 27.2. The number of benzene rings is 2. The largest absolute Gasteiger partial charge is 0.448 e. The number of ether oxygens (including phenoxy) is 2. The van der Waals surface area contributed by atoms with Crippen molar-refractivity contribution < 1.29 is 28.7 Å². The summed E-state index contributed by atoms with van der Waals surface area (Å²) >= 11 is 3.32. The Bertz CT molecular complexity index is 1170. The lowest BCUT2D eigenvalue weighted by atomic mass is 10.00. The number of amides is 2. The number of fused-ring (bicyclic) bond motifs is 1. The molecule has 2 amide bonds. The molecule has 0 spiro atoms. The quantitative estimate of drug-likeness (QED) is 0.159. The number of nitrogens with zero attached hydrogens (tertiary/aromatic N) is 1. The number of β-lactam (4-membered cyclic amide) rings is 1. The van der Waals surface area contributed by atoms with Crippen LogP contribution in [0, 0.1) is 0 Å². The van der Waals surface area contributed by atoms with Gasteiger partial charge in [-0.05, 0) is 37.5 Å². The van der Waals surface area contributed by atoms with Gasteiger partial charge in [-0.3, -0.25) is 9.69 Å². The van der Waals surface area contributed by atoms with Crippen LogP contribution in [-0.2, 0) is 23.9 Å². The number of alkyl halides is 1. The second-order valence-corrected chi connectivity index (χ2v) is 12.0. The van der Waals surface area contributed by atoms with Crippen molar-refractivity contribution in [3.05, 3.63) is 83.1 Å². The van der Waals surface area contributed by atoms with Crippen molar-refractivity contribution in [1.82, 2.24) is 10.2 Å². The number of rotatable bonds is 7. The fourth-order valence-corrected chi connectivity index (χ4v) is 6.32. The number of aldehydes is 1. The Morgan fingerprint density at radius 2 is 1.65 bits per heavy atom. The molecule has 3 unspecified atom stereocenters. The van der Waals surface area contributed by atoms with Crippen LogP contribution in [0.15, 0.2) is 71.9 Å². The van der Waals surface area contributed by atoms with E-state index in [1.807, 2.05) is 83.3 Å². The Balaban J connectivity index is 1.63. The molecule has 10 heteroatoms. The molecule has 2 heterocycles. The molecule has 194 valence electrons. The van der Waals surface area contributed by atoms with Gasteiger partial charge < -0.3 is 19.6 Å². The SMILES string of the molecule is CC(C)(C)OC(=O)NC1C(=O)N2C(C(=O)OC(c3ccccc3)c3ccccc3)=C(C(I)C=O)CSC12. The zero-order valence-corrected chi connectivity index (χ0v) is 23.5. The monoisotopic (exact) mass is 634 g/mol. The van der Waals surface area contributed by atoms with Gasteiger partial charge in [0.25, 0.3) is 5.91 Å². The summed E-state index contributed by atoms with van der Waals surface area (Å²) < 4.78 is 10.7. The fraction of sp³-hybridized carbons (Fsp3) is 0.333. The van der Waals surface area contributed by atoms with Crippen molar-refractivity contribution in [1.29, 1.82) is 0 Å². The van der Waals surface area contributed by atoms with Crippen molar-refractivity contribution >= 4 is 58.6 Å². The first-order chi connectivity index (χ1) is 17.6. The van der Waals surface area contributed by atoms with Crippen molar-refractivity contribution in [2.24, 2.45) is 0 Å². The van der Waals surface area contributed by atoms with E-state index in [1.54, 1.807) is 20.8 Å². The van der Waals surface area contributed by atoms with Gasteiger partial charge in [0, 0.05) is 5.75 Å². The number of thioether (sulfide) groups is 1. The van der Waals surface area contributed by atoms with Crippen molar-refractivity contribution in [3.8, 4) is 0 Å². The minimum atomic E-state index is -0.855. The first-order valence-corrected chi connectivity index (χ1v) is 14.0. The highest BCUT2D eigenvalue weighted by Crippen LogP contribution is 2.43. The zero-order chi connectivity index (χ0) is 26.7. The molecular weight excluding hydrogens is 607 g/mol. The molecule has 0 aromatic heterocycles. The van der Waals surface area contributed by atoms with Gasteiger partial charge in [0.15, 0.2) is 6.10 Å². The molecule has 37 heavy (non-hydrogen) atoms. The van der Waals surface area contributed by atoms with Gasteiger partial charge in [0.05, 0.1) is 3.92 Å². The summed E-state index contributed by atoms with van der Waals surface area (Å²) in [6, 6.07) is 17.8. The number of carbonyl (C=O) groups is 4. The topological polar surface area (TPSA) is 102 Å². The summed E-state index contributed by atoms with van der Waals surface area (Å²) in [5.41, 5.74) is 1.38. The molecule has 2 aromatic rings. The molecule has 4 rings (SSSR count). The molecular formula is C27H27IN2O6S. The van der Waals surface area contributed by atoms with Gasteiger partial charge in [-0.15, -0.1) is 11.8 Å². The van der Waals surface area contributed by atoms with Crippen LogP contribution in [0.4, 0.5) is 4.79 Å². The van der Waals surface area contributed by atoms with Gasteiger partial charge in [-0.25, -0.2) is 9.59 Å². The Hall–Kier alpha value is -2.86. The highest BCUT2D eigenvalue weighted by Gasteiger charge is 2.55. The Morgan fingerprint density at radius 1 is 1.08 bits per heavy atom. The third-order valence-electron chi connectivity index (χ3n) is 5.75. The molecule has 0 aliphatic carbocycles. The number of nitrogens with one attached hydrogen (secondary N) is 1. The van der Waals surface area contributed by atoms with Crippen LogP contribution in [0.2, 0.25) is 0 Å². The molecule has 0 radical (unpaired) electrons. The Labute approximate surface area is 233 Å². The molecule has 8 nitrogen and oxygen atoms in total. The van der Waals surface area contributed by atoms with Gasteiger partial charge in [0.1, 0.15) is 29.0 Å². The smallest absolute Gasteiger partial charge is 0.408 e. The summed E-state index contributed by atoms with van der Waals surface area (Å²) in [6.07, 6.45) is -0.693. The Kier molecular flexibility index (Phi) is 8.27. The van der Waals surface area contributed by atoms with Crippen LogP contribution >= 0.6 is 34.4 Å². The second-order valence-electron chi connectivity index (χ2n) is 9.55. The highest BCUT2D eigenvalue weighted by molar-refractivity contribution is 14.1. The number of esters is 1. The fourth-order valence-electron chi connectivity index (χ4n) is 4.11. The van der Waals surface area contributed by atoms with Gasteiger partial charge >= 0.3 is 12.1 Å². The van der Waals surface area contributed by atoms with Crippen LogP contribution < -0.4 is 5.32 Å². The summed E-state index contributed by atoms with van der Waals surface area (Å²) in [5, 5.41) is 2.09. The average Bonchev–Trinajstić information content (AvgIpc) is 2.88. The second kappa shape index (κ2) is 11.3.